The molecule has 2 aromatic rings. The van der Waals surface area contributed by atoms with Crippen molar-refractivity contribution in [1.29, 1.82) is 0 Å². The van der Waals surface area contributed by atoms with Gasteiger partial charge in [-0.05, 0) is 17.5 Å². The Kier molecular flexibility index (Phi) is 5.28. The number of aromatic nitrogens is 1. The average Bonchev–Trinajstić information content (AvgIpc) is 2.54. The number of para-hydroxylation sites is 1. The van der Waals surface area contributed by atoms with Crippen LogP contribution in [0.5, 0.6) is 0 Å². The second-order valence-electron chi connectivity index (χ2n) is 5.26. The number of fused-ring (bicyclic) bond motifs is 1. The van der Waals surface area contributed by atoms with Crippen molar-refractivity contribution in [2.45, 2.75) is 32.9 Å². The van der Waals surface area contributed by atoms with Crippen LogP contribution in [0.25, 0.3) is 10.9 Å². The monoisotopic (exact) mass is 286 g/mol. The van der Waals surface area contributed by atoms with E-state index in [0.717, 1.165) is 22.9 Å². The number of nitrogens with zero attached hydrogens (tertiary/aromatic N) is 1. The first kappa shape index (κ1) is 15.4. The van der Waals surface area contributed by atoms with Gasteiger partial charge in [0.1, 0.15) is 6.04 Å². The number of hydrogen-bond donors (Lipinski definition) is 1. The molecule has 1 heterocycles. The lowest BCUT2D eigenvalue weighted by Crippen LogP contribution is -2.42. The molecule has 0 aliphatic rings. The highest BCUT2D eigenvalue weighted by molar-refractivity contribution is 5.81. The number of rotatable bonds is 6. The molecule has 4 nitrogen and oxygen atoms in total. The minimum Gasteiger partial charge on any atom is -0.468 e. The average molecular weight is 286 g/mol. The fraction of sp³-hybridized carbons (Fsp3) is 0.412. The van der Waals surface area contributed by atoms with Gasteiger partial charge in [-0.25, -0.2) is 0 Å². The number of benzene rings is 1. The van der Waals surface area contributed by atoms with Gasteiger partial charge in [-0.2, -0.15) is 0 Å². The van der Waals surface area contributed by atoms with Gasteiger partial charge in [-0.3, -0.25) is 15.1 Å². The quantitative estimate of drug-likeness (QED) is 0.830. The Morgan fingerprint density at radius 2 is 2.10 bits per heavy atom. The van der Waals surface area contributed by atoms with Gasteiger partial charge < -0.3 is 4.74 Å². The fourth-order valence-corrected chi connectivity index (χ4v) is 2.41. The molecule has 0 aliphatic heterocycles. The molecule has 0 saturated heterocycles. The van der Waals surface area contributed by atoms with Crippen LogP contribution in [0.3, 0.4) is 0 Å². The summed E-state index contributed by atoms with van der Waals surface area (Å²) >= 11 is 0. The van der Waals surface area contributed by atoms with Gasteiger partial charge in [0.25, 0.3) is 0 Å². The molecule has 21 heavy (non-hydrogen) atoms. The lowest BCUT2D eigenvalue weighted by atomic mass is 9.98. The molecule has 0 radical (unpaired) electrons. The Balaban J connectivity index is 2.17. The van der Waals surface area contributed by atoms with Crippen LogP contribution in [0.2, 0.25) is 0 Å². The van der Waals surface area contributed by atoms with E-state index in [-0.39, 0.29) is 17.9 Å². The predicted octanol–water partition coefficient (Wildman–Crippen LogP) is 2.91. The first-order valence-electron chi connectivity index (χ1n) is 7.31. The summed E-state index contributed by atoms with van der Waals surface area (Å²) in [4.78, 5) is 16.3. The minimum atomic E-state index is -0.293. The first-order chi connectivity index (χ1) is 10.2. The van der Waals surface area contributed by atoms with Crippen LogP contribution < -0.4 is 5.32 Å². The highest BCUT2D eigenvalue weighted by atomic mass is 16.5. The highest BCUT2D eigenvalue weighted by Gasteiger charge is 2.24. The molecule has 0 fully saturated rings. The predicted molar refractivity (Wildman–Crippen MR) is 83.8 cm³/mol. The van der Waals surface area contributed by atoms with Crippen molar-refractivity contribution in [2.75, 3.05) is 7.11 Å². The van der Waals surface area contributed by atoms with E-state index in [9.17, 15) is 4.79 Å². The zero-order chi connectivity index (χ0) is 15.2. The van der Waals surface area contributed by atoms with E-state index < -0.39 is 0 Å². The number of carbonyl (C=O) groups is 1. The zero-order valence-corrected chi connectivity index (χ0v) is 12.8. The summed E-state index contributed by atoms with van der Waals surface area (Å²) in [6.07, 6.45) is 2.71. The van der Waals surface area contributed by atoms with Crippen LogP contribution in [-0.4, -0.2) is 24.1 Å². The van der Waals surface area contributed by atoms with Crippen molar-refractivity contribution in [2.24, 2.45) is 5.92 Å². The summed E-state index contributed by atoms with van der Waals surface area (Å²) in [6.45, 7) is 4.72. The van der Waals surface area contributed by atoms with Crippen LogP contribution in [-0.2, 0) is 16.1 Å². The van der Waals surface area contributed by atoms with Gasteiger partial charge in [0.15, 0.2) is 0 Å². The maximum absolute atomic E-state index is 11.9. The van der Waals surface area contributed by atoms with E-state index in [4.69, 9.17) is 4.74 Å². The molecule has 0 spiro atoms. The molecule has 0 aliphatic carbocycles. The van der Waals surface area contributed by atoms with Gasteiger partial charge in [-0.15, -0.1) is 0 Å². The third kappa shape index (κ3) is 3.58. The largest absolute Gasteiger partial charge is 0.468 e. The minimum absolute atomic E-state index is 0.211. The first-order valence-corrected chi connectivity index (χ1v) is 7.31. The SMILES string of the molecule is CCC(C)C(NCc1cccc2cccnc12)C(=O)OC. The van der Waals surface area contributed by atoms with Crippen molar-refractivity contribution >= 4 is 16.9 Å². The number of ether oxygens (including phenoxy) is 1. The van der Waals surface area contributed by atoms with Crippen molar-refractivity contribution < 1.29 is 9.53 Å². The van der Waals surface area contributed by atoms with Crippen molar-refractivity contribution in [3.05, 3.63) is 42.1 Å². The van der Waals surface area contributed by atoms with E-state index >= 15 is 0 Å². The van der Waals surface area contributed by atoms with Gasteiger partial charge in [0.05, 0.1) is 12.6 Å². The third-order valence-corrected chi connectivity index (χ3v) is 3.90. The standard InChI is InChI=1S/C17H22N2O2/c1-4-12(2)15(17(20)21-3)19-11-14-8-5-7-13-9-6-10-18-16(13)14/h5-10,12,15,19H,4,11H2,1-3H3. The highest BCUT2D eigenvalue weighted by Crippen LogP contribution is 2.17. The van der Waals surface area contributed by atoms with Crippen LogP contribution in [0.1, 0.15) is 25.8 Å². The van der Waals surface area contributed by atoms with E-state index in [1.165, 1.54) is 7.11 Å². The fourth-order valence-electron chi connectivity index (χ4n) is 2.41. The third-order valence-electron chi connectivity index (χ3n) is 3.90. The summed E-state index contributed by atoms with van der Waals surface area (Å²) in [6, 6.07) is 9.76. The molecule has 1 N–H and O–H groups in total. The Labute approximate surface area is 125 Å². The van der Waals surface area contributed by atoms with Gasteiger partial charge >= 0.3 is 5.97 Å². The lowest BCUT2D eigenvalue weighted by molar-refractivity contribution is -0.144. The molecule has 0 amide bonds. The smallest absolute Gasteiger partial charge is 0.323 e. The molecule has 4 heteroatoms. The molecule has 0 saturated carbocycles. The summed E-state index contributed by atoms with van der Waals surface area (Å²) in [5.41, 5.74) is 2.06. The van der Waals surface area contributed by atoms with Crippen molar-refractivity contribution in [1.82, 2.24) is 10.3 Å². The molecular weight excluding hydrogens is 264 g/mol. The van der Waals surface area contributed by atoms with E-state index in [1.807, 2.05) is 30.3 Å². The van der Waals surface area contributed by atoms with Crippen molar-refractivity contribution in [3.8, 4) is 0 Å². The Morgan fingerprint density at radius 1 is 1.33 bits per heavy atom. The van der Waals surface area contributed by atoms with Gasteiger partial charge in [-0.1, -0.05) is 44.5 Å². The maximum atomic E-state index is 11.9. The van der Waals surface area contributed by atoms with Crippen molar-refractivity contribution in [3.63, 3.8) is 0 Å². The second-order valence-corrected chi connectivity index (χ2v) is 5.26. The number of esters is 1. The maximum Gasteiger partial charge on any atom is 0.323 e. The van der Waals surface area contributed by atoms with E-state index in [2.05, 4.69) is 24.1 Å². The van der Waals surface area contributed by atoms with Crippen LogP contribution in [0.4, 0.5) is 0 Å². The Hall–Kier alpha value is -1.94. The molecule has 112 valence electrons. The van der Waals surface area contributed by atoms with E-state index in [1.54, 1.807) is 6.20 Å². The second kappa shape index (κ2) is 7.18. The Bertz CT molecular complexity index is 607. The van der Waals surface area contributed by atoms with E-state index in [0.29, 0.717) is 6.54 Å². The normalized spacial score (nSPS) is 13.9. The molecule has 2 unspecified atom stereocenters. The lowest BCUT2D eigenvalue weighted by Gasteiger charge is -2.22. The number of carbonyl (C=O) groups excluding carboxylic acids is 1. The summed E-state index contributed by atoms with van der Waals surface area (Å²) in [7, 11) is 1.43. The molecule has 2 atom stereocenters. The Morgan fingerprint density at radius 3 is 2.81 bits per heavy atom. The number of pyridine rings is 1. The molecule has 1 aromatic heterocycles. The van der Waals surface area contributed by atoms with Crippen LogP contribution in [0, 0.1) is 5.92 Å². The van der Waals surface area contributed by atoms with Crippen LogP contribution in [0.15, 0.2) is 36.5 Å². The zero-order valence-electron chi connectivity index (χ0n) is 12.8. The van der Waals surface area contributed by atoms with Gasteiger partial charge in [0, 0.05) is 18.1 Å². The van der Waals surface area contributed by atoms with Crippen LogP contribution >= 0.6 is 0 Å². The topological polar surface area (TPSA) is 51.2 Å². The molecular formula is C17H22N2O2. The number of hydrogen-bond acceptors (Lipinski definition) is 4. The number of methoxy groups -OCH3 is 1. The molecule has 0 bridgehead atoms. The number of nitrogens with one attached hydrogen (secondary N) is 1. The molecule has 2 rings (SSSR count). The summed E-state index contributed by atoms with van der Waals surface area (Å²) in [5.74, 6) is 0.0120. The summed E-state index contributed by atoms with van der Waals surface area (Å²) in [5, 5.41) is 4.42. The summed E-state index contributed by atoms with van der Waals surface area (Å²) < 4.78 is 4.89. The molecule has 1 aromatic carbocycles. The van der Waals surface area contributed by atoms with Gasteiger partial charge in [0.2, 0.25) is 0 Å².